The Kier molecular flexibility index (Phi) is 3.92. The molecule has 96 valence electrons. The summed E-state index contributed by atoms with van der Waals surface area (Å²) < 4.78 is 2.06. The van der Waals surface area contributed by atoms with Gasteiger partial charge in [0.15, 0.2) is 0 Å². The van der Waals surface area contributed by atoms with Crippen LogP contribution in [0.5, 0.6) is 0 Å². The highest BCUT2D eigenvalue weighted by Crippen LogP contribution is 2.32. The average Bonchev–Trinajstić information content (AvgIpc) is 2.67. The van der Waals surface area contributed by atoms with Crippen LogP contribution in [0.4, 0.5) is 5.82 Å². The molecular weight excluding hydrogens is 246 g/mol. The zero-order chi connectivity index (χ0) is 13.1. The van der Waals surface area contributed by atoms with Gasteiger partial charge in [-0.15, -0.1) is 0 Å². The zero-order valence-corrected chi connectivity index (χ0v) is 11.5. The summed E-state index contributed by atoms with van der Waals surface area (Å²) in [5.41, 5.74) is 7.89. The Hall–Kier alpha value is -1.48. The fourth-order valence-electron chi connectivity index (χ4n) is 2.13. The van der Waals surface area contributed by atoms with Crippen molar-refractivity contribution in [1.29, 1.82) is 0 Å². The topological polar surface area (TPSA) is 43.8 Å². The first-order valence-electron chi connectivity index (χ1n) is 6.28. The number of nitrogen functional groups attached to an aromatic ring is 1. The maximum absolute atomic E-state index is 6.21. The Morgan fingerprint density at radius 3 is 2.61 bits per heavy atom. The normalized spacial score (nSPS) is 10.8. The molecule has 18 heavy (non-hydrogen) atoms. The van der Waals surface area contributed by atoms with Gasteiger partial charge in [0.2, 0.25) is 0 Å². The van der Waals surface area contributed by atoms with Crippen molar-refractivity contribution in [2.75, 3.05) is 5.73 Å². The van der Waals surface area contributed by atoms with Crippen LogP contribution in [0.3, 0.4) is 0 Å². The van der Waals surface area contributed by atoms with E-state index < -0.39 is 0 Å². The van der Waals surface area contributed by atoms with E-state index in [0.717, 1.165) is 36.5 Å². The van der Waals surface area contributed by atoms with Gasteiger partial charge in [0.1, 0.15) is 17.3 Å². The first-order chi connectivity index (χ1) is 8.69. The van der Waals surface area contributed by atoms with E-state index in [1.165, 1.54) is 0 Å². The van der Waals surface area contributed by atoms with Crippen molar-refractivity contribution >= 4 is 17.4 Å². The molecule has 0 fully saturated rings. The van der Waals surface area contributed by atoms with E-state index in [4.69, 9.17) is 17.3 Å². The predicted molar refractivity (Wildman–Crippen MR) is 76.8 cm³/mol. The summed E-state index contributed by atoms with van der Waals surface area (Å²) in [6.07, 6.45) is 1.99. The van der Waals surface area contributed by atoms with Crippen molar-refractivity contribution in [2.24, 2.45) is 0 Å². The number of aryl methyl sites for hydroxylation is 1. The second-order valence-electron chi connectivity index (χ2n) is 4.24. The van der Waals surface area contributed by atoms with Crippen LogP contribution < -0.4 is 5.73 Å². The average molecular weight is 264 g/mol. The lowest BCUT2D eigenvalue weighted by molar-refractivity contribution is 0.690. The van der Waals surface area contributed by atoms with Crippen LogP contribution >= 0.6 is 11.6 Å². The van der Waals surface area contributed by atoms with E-state index in [0.29, 0.717) is 10.8 Å². The molecule has 0 saturated heterocycles. The van der Waals surface area contributed by atoms with E-state index in [9.17, 15) is 0 Å². The first-order valence-corrected chi connectivity index (χ1v) is 6.66. The fraction of sp³-hybridized carbons (Fsp3) is 0.357. The van der Waals surface area contributed by atoms with E-state index in [-0.39, 0.29) is 0 Å². The molecule has 0 saturated carbocycles. The van der Waals surface area contributed by atoms with Gasteiger partial charge < -0.3 is 10.3 Å². The summed E-state index contributed by atoms with van der Waals surface area (Å²) >= 11 is 6.21. The van der Waals surface area contributed by atoms with Crippen LogP contribution in [0.25, 0.3) is 11.3 Å². The van der Waals surface area contributed by atoms with Gasteiger partial charge in [0.25, 0.3) is 0 Å². The summed E-state index contributed by atoms with van der Waals surface area (Å²) in [7, 11) is 0. The number of aromatic nitrogens is 2. The van der Waals surface area contributed by atoms with E-state index in [1.807, 2.05) is 24.3 Å². The van der Waals surface area contributed by atoms with Gasteiger partial charge in [-0.1, -0.05) is 36.7 Å². The van der Waals surface area contributed by atoms with Gasteiger partial charge in [-0.25, -0.2) is 4.98 Å². The largest absolute Gasteiger partial charge is 0.383 e. The molecule has 0 aliphatic rings. The Morgan fingerprint density at radius 1 is 1.28 bits per heavy atom. The van der Waals surface area contributed by atoms with Gasteiger partial charge in [0.05, 0.1) is 5.02 Å². The molecule has 2 aromatic rings. The van der Waals surface area contributed by atoms with Crippen molar-refractivity contribution in [2.45, 2.75) is 33.2 Å². The number of hydrogen-bond donors (Lipinski definition) is 1. The summed E-state index contributed by atoms with van der Waals surface area (Å²) in [6.45, 7) is 5.05. The molecular formula is C14H18ClN3. The first kappa shape index (κ1) is 13.0. The van der Waals surface area contributed by atoms with Gasteiger partial charge in [0, 0.05) is 18.5 Å². The molecule has 0 amide bonds. The lowest BCUT2D eigenvalue weighted by Gasteiger charge is -2.05. The van der Waals surface area contributed by atoms with Crippen molar-refractivity contribution in [3.63, 3.8) is 0 Å². The van der Waals surface area contributed by atoms with Gasteiger partial charge in [-0.2, -0.15) is 0 Å². The molecule has 0 aliphatic heterocycles. The predicted octanol–water partition coefficient (Wildman–Crippen LogP) is 3.76. The van der Waals surface area contributed by atoms with Gasteiger partial charge >= 0.3 is 0 Å². The number of anilines is 1. The monoisotopic (exact) mass is 263 g/mol. The molecule has 1 heterocycles. The standard InChI is InChI=1S/C14H18ClN3/c1-3-7-12-17-13(14(16)18(12)4-2)10-8-5-6-9-11(10)15/h5-6,8-9H,3-4,7,16H2,1-2H3. The number of hydrogen-bond acceptors (Lipinski definition) is 2. The molecule has 1 aromatic heterocycles. The fourth-order valence-corrected chi connectivity index (χ4v) is 2.36. The Morgan fingerprint density at radius 2 is 2.00 bits per heavy atom. The highest BCUT2D eigenvalue weighted by molar-refractivity contribution is 6.33. The number of imidazole rings is 1. The van der Waals surface area contributed by atoms with Crippen LogP contribution in [0.15, 0.2) is 24.3 Å². The summed E-state index contributed by atoms with van der Waals surface area (Å²) in [5, 5.41) is 0.688. The van der Waals surface area contributed by atoms with Crippen LogP contribution in [0, 0.1) is 0 Å². The van der Waals surface area contributed by atoms with E-state index >= 15 is 0 Å². The Bertz CT molecular complexity index is 546. The molecule has 0 spiro atoms. The highest BCUT2D eigenvalue weighted by Gasteiger charge is 2.16. The number of rotatable bonds is 4. The SMILES string of the molecule is CCCc1nc(-c2ccccc2Cl)c(N)n1CC. The third kappa shape index (κ3) is 2.23. The maximum Gasteiger partial charge on any atom is 0.131 e. The minimum absolute atomic E-state index is 0.688. The molecule has 0 atom stereocenters. The maximum atomic E-state index is 6.21. The molecule has 3 nitrogen and oxygen atoms in total. The minimum atomic E-state index is 0.688. The molecule has 2 rings (SSSR count). The third-order valence-electron chi connectivity index (χ3n) is 3.00. The smallest absolute Gasteiger partial charge is 0.131 e. The summed E-state index contributed by atoms with van der Waals surface area (Å²) in [6, 6.07) is 7.68. The molecule has 0 radical (unpaired) electrons. The second kappa shape index (κ2) is 5.44. The summed E-state index contributed by atoms with van der Waals surface area (Å²) in [5.74, 6) is 1.74. The zero-order valence-electron chi connectivity index (χ0n) is 10.8. The number of benzene rings is 1. The summed E-state index contributed by atoms with van der Waals surface area (Å²) in [4.78, 5) is 4.65. The van der Waals surface area contributed by atoms with Crippen LogP contribution in [0.1, 0.15) is 26.1 Å². The lowest BCUT2D eigenvalue weighted by Crippen LogP contribution is -2.05. The Balaban J connectivity index is 2.55. The molecule has 2 N–H and O–H groups in total. The van der Waals surface area contributed by atoms with Crippen LogP contribution in [-0.4, -0.2) is 9.55 Å². The highest BCUT2D eigenvalue weighted by atomic mass is 35.5. The van der Waals surface area contributed by atoms with E-state index in [2.05, 4.69) is 23.4 Å². The van der Waals surface area contributed by atoms with E-state index in [1.54, 1.807) is 0 Å². The van der Waals surface area contributed by atoms with Crippen molar-refractivity contribution in [3.05, 3.63) is 35.1 Å². The molecule has 4 heteroatoms. The minimum Gasteiger partial charge on any atom is -0.383 e. The quantitative estimate of drug-likeness (QED) is 0.913. The number of nitrogens with two attached hydrogens (primary N) is 1. The van der Waals surface area contributed by atoms with Crippen molar-refractivity contribution in [3.8, 4) is 11.3 Å². The Labute approximate surface area is 113 Å². The molecule has 0 aliphatic carbocycles. The second-order valence-corrected chi connectivity index (χ2v) is 4.64. The number of nitrogens with zero attached hydrogens (tertiary/aromatic N) is 2. The molecule has 0 unspecified atom stereocenters. The van der Waals surface area contributed by atoms with Crippen LogP contribution in [-0.2, 0) is 13.0 Å². The molecule has 0 bridgehead atoms. The van der Waals surface area contributed by atoms with Gasteiger partial charge in [-0.3, -0.25) is 0 Å². The van der Waals surface area contributed by atoms with Crippen molar-refractivity contribution < 1.29 is 0 Å². The molecule has 1 aromatic carbocycles. The van der Waals surface area contributed by atoms with Gasteiger partial charge in [-0.05, 0) is 19.4 Å². The van der Waals surface area contributed by atoms with Crippen molar-refractivity contribution in [1.82, 2.24) is 9.55 Å². The lowest BCUT2D eigenvalue weighted by atomic mass is 10.1. The third-order valence-corrected chi connectivity index (χ3v) is 3.33. The van der Waals surface area contributed by atoms with Crippen LogP contribution in [0.2, 0.25) is 5.02 Å². The number of halogens is 1.